The molecule has 2 aromatic carbocycles. The van der Waals surface area contributed by atoms with Crippen LogP contribution in [0.3, 0.4) is 0 Å². The minimum atomic E-state index is -3.54. The Kier molecular flexibility index (Phi) is 4.86. The number of ether oxygens (including phenoxy) is 1. The molecule has 0 saturated carbocycles. The van der Waals surface area contributed by atoms with Gasteiger partial charge in [0, 0.05) is 30.1 Å². The van der Waals surface area contributed by atoms with Crippen LogP contribution in [0, 0.1) is 5.92 Å². The van der Waals surface area contributed by atoms with Gasteiger partial charge in [0.1, 0.15) is 16.3 Å². The average Bonchev–Trinajstić information content (AvgIpc) is 3.21. The molecule has 3 N–H and O–H groups in total. The first-order chi connectivity index (χ1) is 14.9. The van der Waals surface area contributed by atoms with Crippen LogP contribution in [0.4, 0.5) is 5.69 Å². The van der Waals surface area contributed by atoms with Gasteiger partial charge in [0.2, 0.25) is 10.0 Å². The fourth-order valence-corrected chi connectivity index (χ4v) is 5.80. The number of carbonyl (C=O) groups excluding carboxylic acids is 1. The molecular formula is C22H24N4O4S. The molecule has 31 heavy (non-hydrogen) atoms. The van der Waals surface area contributed by atoms with Crippen molar-refractivity contribution in [1.82, 2.24) is 14.6 Å². The van der Waals surface area contributed by atoms with Crippen LogP contribution in [0.1, 0.15) is 23.3 Å². The highest BCUT2D eigenvalue weighted by molar-refractivity contribution is 7.89. The van der Waals surface area contributed by atoms with E-state index in [4.69, 9.17) is 4.74 Å². The quantitative estimate of drug-likeness (QED) is 0.581. The molecule has 1 unspecified atom stereocenters. The van der Waals surface area contributed by atoms with Gasteiger partial charge in [0.15, 0.2) is 0 Å². The molecule has 0 spiro atoms. The Bertz CT molecular complexity index is 1250. The first kappa shape index (κ1) is 19.9. The number of H-pyrrole nitrogens is 1. The lowest BCUT2D eigenvalue weighted by Crippen LogP contribution is -2.52. The van der Waals surface area contributed by atoms with Crippen molar-refractivity contribution >= 4 is 32.5 Å². The number of sulfonamides is 1. The number of piperidine rings is 1. The fraction of sp³-hybridized carbons (Fsp3) is 0.318. The lowest BCUT2D eigenvalue weighted by Gasteiger charge is -2.38. The van der Waals surface area contributed by atoms with E-state index in [0.29, 0.717) is 37.3 Å². The number of benzene rings is 2. The van der Waals surface area contributed by atoms with Gasteiger partial charge in [-0.05, 0) is 49.1 Å². The highest BCUT2D eigenvalue weighted by Crippen LogP contribution is 2.31. The number of methoxy groups -OCH3 is 1. The van der Waals surface area contributed by atoms with Crippen LogP contribution in [-0.4, -0.2) is 50.6 Å². The summed E-state index contributed by atoms with van der Waals surface area (Å²) in [6.45, 7) is 1.15. The molecule has 8 nitrogen and oxygen atoms in total. The molecule has 3 heterocycles. The third kappa shape index (κ3) is 3.64. The largest absolute Gasteiger partial charge is 0.497 e. The van der Waals surface area contributed by atoms with Crippen molar-refractivity contribution in [2.24, 2.45) is 5.92 Å². The van der Waals surface area contributed by atoms with E-state index in [9.17, 15) is 13.2 Å². The number of hydrogen-bond donors (Lipinski definition) is 3. The molecule has 2 aliphatic heterocycles. The molecule has 1 atom stereocenters. The lowest BCUT2D eigenvalue weighted by atomic mass is 9.93. The maximum Gasteiger partial charge on any atom is 0.270 e. The highest BCUT2D eigenvalue weighted by Gasteiger charge is 2.36. The SMILES string of the molecule is COc1ccc2cc(C(=O)N3CCC(C4Nc5ccccc5S(=O)(=O)N4)CC3)[nH]c2c1. The highest BCUT2D eigenvalue weighted by atomic mass is 32.2. The summed E-state index contributed by atoms with van der Waals surface area (Å²) >= 11 is 0. The zero-order valence-corrected chi connectivity index (χ0v) is 17.9. The Hall–Kier alpha value is -3.04. The van der Waals surface area contributed by atoms with Crippen LogP contribution >= 0.6 is 0 Å². The van der Waals surface area contributed by atoms with E-state index in [1.165, 1.54) is 0 Å². The van der Waals surface area contributed by atoms with Crippen molar-refractivity contribution in [3.05, 3.63) is 54.2 Å². The molecule has 0 aliphatic carbocycles. The summed E-state index contributed by atoms with van der Waals surface area (Å²) in [6, 6.07) is 14.4. The lowest BCUT2D eigenvalue weighted by molar-refractivity contribution is 0.0674. The maximum absolute atomic E-state index is 13.0. The standard InChI is InChI=1S/C22H24N4O4S/c1-30-16-7-6-15-12-19(23-18(15)13-16)22(27)26-10-8-14(9-11-26)21-24-17-4-2-3-5-20(17)31(28,29)25-21/h2-7,12-14,21,23-25H,8-11H2,1H3. The Balaban J connectivity index is 1.27. The smallest absolute Gasteiger partial charge is 0.270 e. The number of carbonyl (C=O) groups is 1. The van der Waals surface area contributed by atoms with E-state index in [-0.39, 0.29) is 22.9 Å². The Labute approximate surface area is 180 Å². The number of aromatic nitrogens is 1. The topological polar surface area (TPSA) is 104 Å². The van der Waals surface area contributed by atoms with Gasteiger partial charge in [-0.15, -0.1) is 0 Å². The van der Waals surface area contributed by atoms with Crippen molar-refractivity contribution in [3.63, 3.8) is 0 Å². The second-order valence-corrected chi connectivity index (χ2v) is 9.69. The third-order valence-electron chi connectivity index (χ3n) is 6.13. The predicted octanol–water partition coefficient (Wildman–Crippen LogP) is 2.76. The maximum atomic E-state index is 13.0. The van der Waals surface area contributed by atoms with E-state index >= 15 is 0 Å². The van der Waals surface area contributed by atoms with Gasteiger partial charge in [-0.1, -0.05) is 12.1 Å². The summed E-state index contributed by atoms with van der Waals surface area (Å²) in [5.41, 5.74) is 2.03. The zero-order valence-electron chi connectivity index (χ0n) is 17.1. The number of hydrogen-bond acceptors (Lipinski definition) is 5. The number of aromatic amines is 1. The molecule has 0 radical (unpaired) electrons. The monoisotopic (exact) mass is 440 g/mol. The normalized spacial score (nSPS) is 20.8. The third-order valence-corrected chi connectivity index (χ3v) is 7.63. The van der Waals surface area contributed by atoms with Crippen molar-refractivity contribution in [1.29, 1.82) is 0 Å². The van der Waals surface area contributed by atoms with Crippen molar-refractivity contribution in [2.45, 2.75) is 23.9 Å². The second-order valence-electron chi connectivity index (χ2n) is 8.01. The Morgan fingerprint density at radius 2 is 1.87 bits per heavy atom. The molecular weight excluding hydrogens is 416 g/mol. The summed E-state index contributed by atoms with van der Waals surface area (Å²) < 4.78 is 33.2. The zero-order chi connectivity index (χ0) is 21.6. The first-order valence-electron chi connectivity index (χ1n) is 10.3. The van der Waals surface area contributed by atoms with Crippen LogP contribution in [-0.2, 0) is 10.0 Å². The van der Waals surface area contributed by atoms with Gasteiger partial charge in [-0.3, -0.25) is 4.79 Å². The molecule has 1 aromatic heterocycles. The summed E-state index contributed by atoms with van der Waals surface area (Å²) in [5, 5.41) is 4.27. The number of para-hydroxylation sites is 1. The van der Waals surface area contributed by atoms with Gasteiger partial charge < -0.3 is 19.9 Å². The van der Waals surface area contributed by atoms with Crippen LogP contribution in [0.25, 0.3) is 10.9 Å². The molecule has 1 amide bonds. The number of nitrogens with zero attached hydrogens (tertiary/aromatic N) is 1. The van der Waals surface area contributed by atoms with Crippen LogP contribution in [0.2, 0.25) is 0 Å². The molecule has 3 aromatic rings. The second kappa shape index (κ2) is 7.58. The van der Waals surface area contributed by atoms with Gasteiger partial charge in [0.05, 0.1) is 19.0 Å². The molecule has 2 aliphatic rings. The number of amides is 1. The minimum absolute atomic E-state index is 0.0452. The van der Waals surface area contributed by atoms with E-state index in [2.05, 4.69) is 15.0 Å². The van der Waals surface area contributed by atoms with Crippen molar-refractivity contribution < 1.29 is 17.9 Å². The van der Waals surface area contributed by atoms with Crippen LogP contribution < -0.4 is 14.8 Å². The van der Waals surface area contributed by atoms with Crippen LogP contribution in [0.5, 0.6) is 5.75 Å². The molecule has 162 valence electrons. The van der Waals surface area contributed by atoms with E-state index in [0.717, 1.165) is 16.7 Å². The Morgan fingerprint density at radius 3 is 2.65 bits per heavy atom. The van der Waals surface area contributed by atoms with Crippen LogP contribution in [0.15, 0.2) is 53.4 Å². The molecule has 9 heteroatoms. The Morgan fingerprint density at radius 1 is 1.10 bits per heavy atom. The molecule has 5 rings (SSSR count). The average molecular weight is 441 g/mol. The molecule has 1 saturated heterocycles. The first-order valence-corrected chi connectivity index (χ1v) is 11.8. The predicted molar refractivity (Wildman–Crippen MR) is 118 cm³/mol. The van der Waals surface area contributed by atoms with Gasteiger partial charge in [-0.25, -0.2) is 8.42 Å². The molecule has 1 fully saturated rings. The number of fused-ring (bicyclic) bond motifs is 2. The number of rotatable bonds is 3. The van der Waals surface area contributed by atoms with Gasteiger partial charge >= 0.3 is 0 Å². The molecule has 0 bridgehead atoms. The minimum Gasteiger partial charge on any atom is -0.497 e. The van der Waals surface area contributed by atoms with Gasteiger partial charge in [-0.2, -0.15) is 4.72 Å². The van der Waals surface area contributed by atoms with E-state index in [1.807, 2.05) is 35.2 Å². The van der Waals surface area contributed by atoms with Crippen molar-refractivity contribution in [3.8, 4) is 5.75 Å². The fourth-order valence-electron chi connectivity index (χ4n) is 4.42. The summed E-state index contributed by atoms with van der Waals surface area (Å²) in [6.07, 6.45) is 1.04. The van der Waals surface area contributed by atoms with Crippen molar-refractivity contribution in [2.75, 3.05) is 25.5 Å². The number of nitrogens with one attached hydrogen (secondary N) is 3. The number of likely N-dealkylation sites (tertiary alicyclic amines) is 1. The summed E-state index contributed by atoms with van der Waals surface area (Å²) in [5.74, 6) is 0.786. The van der Waals surface area contributed by atoms with E-state index in [1.54, 1.807) is 25.3 Å². The van der Waals surface area contributed by atoms with Gasteiger partial charge in [0.25, 0.3) is 5.91 Å². The summed E-state index contributed by atoms with van der Waals surface area (Å²) in [7, 11) is -1.93. The number of anilines is 1. The van der Waals surface area contributed by atoms with E-state index < -0.39 is 10.0 Å². The summed E-state index contributed by atoms with van der Waals surface area (Å²) in [4.78, 5) is 18.3.